The number of nitrogens with two attached hydrogens (primary N) is 1. The van der Waals surface area contributed by atoms with Crippen molar-refractivity contribution in [1.29, 1.82) is 0 Å². The van der Waals surface area contributed by atoms with Gasteiger partial charge < -0.3 is 11.1 Å². The van der Waals surface area contributed by atoms with E-state index in [1.54, 1.807) is 0 Å². The standard InChI is InChI=1S/C14H14F3N3OS/c15-14(16,17)11-8-22-13(20-11)7-19-12(21)6-10(18)9-4-2-1-3-5-9/h1-5,8,10H,6-7,18H2,(H,19,21). The van der Waals surface area contributed by atoms with E-state index < -0.39 is 17.9 Å². The molecule has 0 aliphatic rings. The van der Waals surface area contributed by atoms with E-state index in [1.807, 2.05) is 30.3 Å². The second-order valence-corrected chi connectivity index (χ2v) is 5.56. The Morgan fingerprint density at radius 3 is 2.59 bits per heavy atom. The molecule has 2 rings (SSSR count). The molecule has 118 valence electrons. The van der Waals surface area contributed by atoms with Gasteiger partial charge in [0, 0.05) is 17.8 Å². The molecule has 3 N–H and O–H groups in total. The first-order valence-electron chi connectivity index (χ1n) is 6.45. The number of rotatable bonds is 5. The van der Waals surface area contributed by atoms with Gasteiger partial charge in [-0.15, -0.1) is 11.3 Å². The molecule has 0 fully saturated rings. The molecule has 1 atom stereocenters. The van der Waals surface area contributed by atoms with Crippen LogP contribution in [0.1, 0.15) is 28.7 Å². The average molecular weight is 329 g/mol. The van der Waals surface area contributed by atoms with E-state index in [9.17, 15) is 18.0 Å². The van der Waals surface area contributed by atoms with Crippen LogP contribution in [0.2, 0.25) is 0 Å². The highest BCUT2D eigenvalue weighted by Gasteiger charge is 2.33. The van der Waals surface area contributed by atoms with Crippen molar-refractivity contribution in [2.24, 2.45) is 5.73 Å². The van der Waals surface area contributed by atoms with E-state index in [2.05, 4.69) is 10.3 Å². The molecule has 0 spiro atoms. The number of hydrogen-bond donors (Lipinski definition) is 2. The molecular weight excluding hydrogens is 315 g/mol. The molecule has 1 aromatic carbocycles. The topological polar surface area (TPSA) is 68.0 Å². The number of thiazole rings is 1. The maximum atomic E-state index is 12.4. The van der Waals surface area contributed by atoms with Gasteiger partial charge in [0.05, 0.1) is 6.54 Å². The monoisotopic (exact) mass is 329 g/mol. The summed E-state index contributed by atoms with van der Waals surface area (Å²) in [6.07, 6.45) is -4.41. The summed E-state index contributed by atoms with van der Waals surface area (Å²) in [4.78, 5) is 15.2. The number of amides is 1. The zero-order valence-electron chi connectivity index (χ0n) is 11.4. The Bertz CT molecular complexity index is 628. The number of nitrogens with one attached hydrogen (secondary N) is 1. The Morgan fingerprint density at radius 2 is 2.00 bits per heavy atom. The van der Waals surface area contributed by atoms with Gasteiger partial charge in [0.15, 0.2) is 5.69 Å². The first-order valence-corrected chi connectivity index (χ1v) is 7.33. The predicted molar refractivity (Wildman–Crippen MR) is 77.0 cm³/mol. The van der Waals surface area contributed by atoms with Crippen LogP contribution in [0.3, 0.4) is 0 Å². The molecular formula is C14H14F3N3OS. The number of halogens is 3. The van der Waals surface area contributed by atoms with E-state index in [4.69, 9.17) is 5.73 Å². The Balaban J connectivity index is 1.84. The molecule has 0 saturated carbocycles. The summed E-state index contributed by atoms with van der Waals surface area (Å²) in [6.45, 7) is -0.0406. The lowest BCUT2D eigenvalue weighted by molar-refractivity contribution is -0.140. The van der Waals surface area contributed by atoms with Crippen LogP contribution < -0.4 is 11.1 Å². The van der Waals surface area contributed by atoms with Crippen LogP contribution >= 0.6 is 11.3 Å². The third-order valence-electron chi connectivity index (χ3n) is 2.91. The van der Waals surface area contributed by atoms with E-state index in [0.29, 0.717) is 0 Å². The summed E-state index contributed by atoms with van der Waals surface area (Å²) in [5.74, 6) is -0.333. The molecule has 0 aliphatic heterocycles. The smallest absolute Gasteiger partial charge is 0.350 e. The summed E-state index contributed by atoms with van der Waals surface area (Å²) in [6, 6.07) is 8.66. The van der Waals surface area contributed by atoms with Crippen LogP contribution in [0.25, 0.3) is 0 Å². The minimum atomic E-state index is -4.46. The van der Waals surface area contributed by atoms with Gasteiger partial charge in [-0.2, -0.15) is 13.2 Å². The summed E-state index contributed by atoms with van der Waals surface area (Å²) >= 11 is 0.857. The lowest BCUT2D eigenvalue weighted by Crippen LogP contribution is -2.27. The van der Waals surface area contributed by atoms with E-state index >= 15 is 0 Å². The minimum Gasteiger partial charge on any atom is -0.350 e. The molecule has 2 aromatic rings. The fourth-order valence-corrected chi connectivity index (χ4v) is 2.53. The zero-order valence-corrected chi connectivity index (χ0v) is 12.2. The third kappa shape index (κ3) is 4.54. The van der Waals surface area contributed by atoms with Crippen molar-refractivity contribution in [3.05, 3.63) is 52.0 Å². The number of nitrogens with zero attached hydrogens (tertiary/aromatic N) is 1. The van der Waals surface area contributed by atoms with Gasteiger partial charge in [0.2, 0.25) is 5.91 Å². The van der Waals surface area contributed by atoms with E-state index in [-0.39, 0.29) is 23.9 Å². The Labute approximate surface area is 129 Å². The van der Waals surface area contributed by atoms with E-state index in [0.717, 1.165) is 22.3 Å². The predicted octanol–water partition coefficient (Wildman–Crippen LogP) is 2.87. The lowest BCUT2D eigenvalue weighted by Gasteiger charge is -2.11. The second-order valence-electron chi connectivity index (χ2n) is 4.62. The van der Waals surface area contributed by atoms with Crippen LogP contribution in [-0.2, 0) is 17.5 Å². The number of carbonyl (C=O) groups excluding carboxylic acids is 1. The number of alkyl halides is 3. The van der Waals surface area contributed by atoms with Crippen molar-refractivity contribution in [3.63, 3.8) is 0 Å². The Hall–Kier alpha value is -1.93. The van der Waals surface area contributed by atoms with Crippen molar-refractivity contribution in [1.82, 2.24) is 10.3 Å². The largest absolute Gasteiger partial charge is 0.434 e. The third-order valence-corrected chi connectivity index (χ3v) is 3.76. The van der Waals surface area contributed by atoms with Gasteiger partial charge in [-0.1, -0.05) is 30.3 Å². The van der Waals surface area contributed by atoms with Gasteiger partial charge in [0.1, 0.15) is 5.01 Å². The molecule has 0 saturated heterocycles. The molecule has 1 aromatic heterocycles. The Morgan fingerprint density at radius 1 is 1.32 bits per heavy atom. The lowest BCUT2D eigenvalue weighted by atomic mass is 10.0. The SMILES string of the molecule is NC(CC(=O)NCc1nc(C(F)(F)F)cs1)c1ccccc1. The fraction of sp³-hybridized carbons (Fsp3) is 0.286. The van der Waals surface area contributed by atoms with Crippen LogP contribution in [0.15, 0.2) is 35.7 Å². The van der Waals surface area contributed by atoms with Crippen LogP contribution in [0.4, 0.5) is 13.2 Å². The summed E-state index contributed by atoms with van der Waals surface area (Å²) < 4.78 is 37.2. The number of aromatic nitrogens is 1. The molecule has 0 aliphatic carbocycles. The molecule has 0 bridgehead atoms. The second kappa shape index (κ2) is 6.89. The van der Waals surface area contributed by atoms with Gasteiger partial charge in [-0.25, -0.2) is 4.98 Å². The number of benzene rings is 1. The zero-order chi connectivity index (χ0) is 16.2. The first-order chi connectivity index (χ1) is 10.4. The molecule has 8 heteroatoms. The fourth-order valence-electron chi connectivity index (χ4n) is 1.79. The van der Waals surface area contributed by atoms with Gasteiger partial charge in [0.25, 0.3) is 0 Å². The molecule has 0 radical (unpaired) electrons. The van der Waals surface area contributed by atoms with Crippen molar-refractivity contribution in [2.75, 3.05) is 0 Å². The van der Waals surface area contributed by atoms with Gasteiger partial charge >= 0.3 is 6.18 Å². The summed E-state index contributed by atoms with van der Waals surface area (Å²) in [7, 11) is 0. The van der Waals surface area contributed by atoms with Crippen molar-refractivity contribution in [2.45, 2.75) is 25.2 Å². The van der Waals surface area contributed by atoms with Crippen molar-refractivity contribution in [3.8, 4) is 0 Å². The van der Waals surface area contributed by atoms with Gasteiger partial charge in [-0.3, -0.25) is 4.79 Å². The van der Waals surface area contributed by atoms with Crippen LogP contribution in [0, 0.1) is 0 Å². The van der Waals surface area contributed by atoms with Crippen molar-refractivity contribution < 1.29 is 18.0 Å². The quantitative estimate of drug-likeness (QED) is 0.886. The molecule has 4 nitrogen and oxygen atoms in total. The van der Waals surface area contributed by atoms with Crippen LogP contribution in [-0.4, -0.2) is 10.9 Å². The normalized spacial score (nSPS) is 12.9. The molecule has 1 amide bonds. The number of hydrogen-bond acceptors (Lipinski definition) is 4. The minimum absolute atomic E-state index is 0.0406. The van der Waals surface area contributed by atoms with Gasteiger partial charge in [-0.05, 0) is 5.56 Å². The number of carbonyl (C=O) groups is 1. The maximum absolute atomic E-state index is 12.4. The highest BCUT2D eigenvalue weighted by molar-refractivity contribution is 7.09. The average Bonchev–Trinajstić information content (AvgIpc) is 2.95. The first kappa shape index (κ1) is 16.4. The Kier molecular flexibility index (Phi) is 5.15. The molecule has 1 unspecified atom stereocenters. The molecule has 1 heterocycles. The van der Waals surface area contributed by atoms with Crippen LogP contribution in [0.5, 0.6) is 0 Å². The maximum Gasteiger partial charge on any atom is 0.434 e. The highest BCUT2D eigenvalue weighted by Crippen LogP contribution is 2.29. The summed E-state index contributed by atoms with van der Waals surface area (Å²) in [5, 5.41) is 3.66. The highest BCUT2D eigenvalue weighted by atomic mass is 32.1. The molecule has 22 heavy (non-hydrogen) atoms. The van der Waals surface area contributed by atoms with Crippen molar-refractivity contribution >= 4 is 17.2 Å². The van der Waals surface area contributed by atoms with E-state index in [1.165, 1.54) is 0 Å². The summed E-state index contributed by atoms with van der Waals surface area (Å²) in [5.41, 5.74) is 5.79.